The summed E-state index contributed by atoms with van der Waals surface area (Å²) in [6.45, 7) is 26.3. The second kappa shape index (κ2) is 12.5. The van der Waals surface area contributed by atoms with E-state index in [1.807, 2.05) is 0 Å². The van der Waals surface area contributed by atoms with Gasteiger partial charge in [-0.3, -0.25) is 0 Å². The van der Waals surface area contributed by atoms with E-state index in [0.29, 0.717) is 5.92 Å². The van der Waals surface area contributed by atoms with Crippen molar-refractivity contribution in [2.24, 2.45) is 11.3 Å². The summed E-state index contributed by atoms with van der Waals surface area (Å²) in [4.78, 5) is 0. The van der Waals surface area contributed by atoms with Gasteiger partial charge < -0.3 is 0 Å². The molecule has 0 fully saturated rings. The molecule has 3 heteroatoms. The van der Waals surface area contributed by atoms with Crippen LogP contribution in [0.4, 0.5) is 0 Å². The predicted molar refractivity (Wildman–Crippen MR) is 187 cm³/mol. The summed E-state index contributed by atoms with van der Waals surface area (Å²) < 4.78 is 5.12. The van der Waals surface area contributed by atoms with Gasteiger partial charge in [-0.1, -0.05) is 0 Å². The zero-order valence-electron chi connectivity index (χ0n) is 27.5. The standard InChI is InChI=1S/C21H25.C10H15.C8H8.2ClH.Zr/c1-20(2,3)16-7-9-18-14(12-16)11-15-13-17(21(4,5)6)8-10-19(15)18;1-8-5-6-9(7-8)10(2,3)4;1-2-8-6-4-3-5-7-8;;;/h7-10,12H,11H2,1-6H3;6-8H,1-4H3;3-7H,1H3;2*1H;. The van der Waals surface area contributed by atoms with E-state index in [0.717, 1.165) is 6.42 Å². The van der Waals surface area contributed by atoms with Crippen LogP contribution in [0.15, 0.2) is 81.7 Å². The van der Waals surface area contributed by atoms with E-state index < -0.39 is 21.3 Å². The third-order valence-electron chi connectivity index (χ3n) is 8.97. The Labute approximate surface area is 276 Å². The van der Waals surface area contributed by atoms with Crippen molar-refractivity contribution in [3.63, 3.8) is 0 Å². The maximum absolute atomic E-state index is 2.64. The number of fused-ring (bicyclic) bond motifs is 3. The molecule has 3 aromatic rings. The molecule has 5 rings (SSSR count). The van der Waals surface area contributed by atoms with Crippen molar-refractivity contribution in [1.29, 1.82) is 0 Å². The van der Waals surface area contributed by atoms with E-state index in [-0.39, 0.29) is 41.1 Å². The average molecular weight is 681 g/mol. The number of allylic oxidation sites excluding steroid dienone is 4. The van der Waals surface area contributed by atoms with E-state index in [2.05, 4.69) is 149 Å². The minimum absolute atomic E-state index is 0. The second-order valence-electron chi connectivity index (χ2n) is 15.2. The van der Waals surface area contributed by atoms with Crippen LogP contribution >= 0.6 is 24.8 Å². The van der Waals surface area contributed by atoms with Crippen molar-refractivity contribution in [2.45, 2.75) is 93.4 Å². The molecule has 0 bridgehead atoms. The van der Waals surface area contributed by atoms with E-state index in [4.69, 9.17) is 0 Å². The van der Waals surface area contributed by atoms with Crippen molar-refractivity contribution < 1.29 is 21.3 Å². The largest absolute Gasteiger partial charge is 0.147 e. The van der Waals surface area contributed by atoms with Crippen molar-refractivity contribution in [3.8, 4) is 11.1 Å². The Kier molecular flexibility index (Phi) is 10.4. The molecule has 0 saturated heterocycles. The van der Waals surface area contributed by atoms with Crippen LogP contribution in [0.2, 0.25) is 0 Å². The molecule has 0 aromatic heterocycles. The molecule has 2 aliphatic rings. The zero-order valence-corrected chi connectivity index (χ0v) is 31.6. The number of benzene rings is 3. The Bertz CT molecular complexity index is 1570. The molecule has 1 atom stereocenters. The third kappa shape index (κ3) is 6.60. The molecule has 0 N–H and O–H groups in total. The first-order chi connectivity index (χ1) is 18.6. The number of hydrogen-bond acceptors (Lipinski definition) is 0. The van der Waals surface area contributed by atoms with Gasteiger partial charge in [-0.25, -0.2) is 0 Å². The quantitative estimate of drug-likeness (QED) is 0.202. The third-order valence-corrected chi connectivity index (χ3v) is 17.0. The molecule has 0 radical (unpaired) electrons. The summed E-state index contributed by atoms with van der Waals surface area (Å²) in [5, 5.41) is 0. The number of rotatable bonds is 3. The van der Waals surface area contributed by atoms with Crippen molar-refractivity contribution in [2.75, 3.05) is 0 Å². The van der Waals surface area contributed by atoms with Gasteiger partial charge in [0.25, 0.3) is 0 Å². The van der Waals surface area contributed by atoms with Gasteiger partial charge in [-0.15, -0.1) is 24.8 Å². The first-order valence-corrected chi connectivity index (χ1v) is 18.8. The first-order valence-electron chi connectivity index (χ1n) is 15.1. The minimum Gasteiger partial charge on any atom is -0.147 e. The summed E-state index contributed by atoms with van der Waals surface area (Å²) in [7, 11) is 0. The number of hydrogen-bond donors (Lipinski definition) is 0. The Morgan fingerprint density at radius 3 is 1.90 bits per heavy atom. The fourth-order valence-electron chi connectivity index (χ4n) is 6.51. The van der Waals surface area contributed by atoms with Crippen molar-refractivity contribution >= 4 is 31.3 Å². The molecular formula is C39H50Cl2Zr. The Hall–Kier alpha value is -1.53. The van der Waals surface area contributed by atoms with E-state index in [1.165, 1.54) is 33.4 Å². The topological polar surface area (TPSA) is 0 Å². The van der Waals surface area contributed by atoms with Gasteiger partial charge in [0.1, 0.15) is 0 Å². The smallest absolute Gasteiger partial charge is 0.147 e. The molecule has 0 aliphatic heterocycles. The van der Waals surface area contributed by atoms with Crippen LogP contribution in [0.1, 0.15) is 104 Å². The van der Waals surface area contributed by atoms with Gasteiger partial charge in [-0.2, -0.15) is 0 Å². The van der Waals surface area contributed by atoms with E-state index in [1.54, 1.807) is 20.9 Å². The Morgan fingerprint density at radius 1 is 0.738 bits per heavy atom. The molecule has 0 nitrogen and oxygen atoms in total. The Balaban J connectivity index is 0.00000242. The molecular weight excluding hydrogens is 631 g/mol. The van der Waals surface area contributed by atoms with Gasteiger partial charge >= 0.3 is 253 Å². The summed E-state index contributed by atoms with van der Waals surface area (Å²) in [6, 6.07) is 23.5. The fourth-order valence-corrected chi connectivity index (χ4v) is 15.5. The molecule has 3 aromatic carbocycles. The molecule has 2 aliphatic carbocycles. The summed E-state index contributed by atoms with van der Waals surface area (Å²) >= 11 is -2.60. The van der Waals surface area contributed by atoms with Gasteiger partial charge in [0, 0.05) is 0 Å². The monoisotopic (exact) mass is 678 g/mol. The van der Waals surface area contributed by atoms with E-state index >= 15 is 0 Å². The zero-order chi connectivity index (χ0) is 29.2. The van der Waals surface area contributed by atoms with Crippen molar-refractivity contribution in [1.82, 2.24) is 0 Å². The predicted octanol–water partition coefficient (Wildman–Crippen LogP) is 10.7. The summed E-state index contributed by atoms with van der Waals surface area (Å²) in [6.07, 6.45) is 6.26. The van der Waals surface area contributed by atoms with Gasteiger partial charge in [-0.05, 0) is 0 Å². The van der Waals surface area contributed by atoms with Crippen LogP contribution in [-0.2, 0) is 38.5 Å². The molecule has 0 spiro atoms. The molecule has 224 valence electrons. The van der Waals surface area contributed by atoms with Crippen LogP contribution in [-0.4, -0.2) is 3.21 Å². The Morgan fingerprint density at radius 2 is 1.36 bits per heavy atom. The second-order valence-corrected chi connectivity index (χ2v) is 21.5. The van der Waals surface area contributed by atoms with Crippen LogP contribution in [0.3, 0.4) is 0 Å². The first kappa shape index (κ1) is 35.0. The van der Waals surface area contributed by atoms with E-state index in [9.17, 15) is 0 Å². The SMILES string of the molecule is C/[C](c1ccccc1)=[Zr](\[C]1=CC(C(C)(C)C)=CC1C)[c]1c(C(C)(C)C)ccc2c1Cc1cc(C(C)(C)C)ccc1-2.Cl.Cl. The van der Waals surface area contributed by atoms with Crippen molar-refractivity contribution in [3.05, 3.63) is 109 Å². The number of halogens is 2. The summed E-state index contributed by atoms with van der Waals surface area (Å²) in [5.74, 6) is 0.488. The normalized spacial score (nSPS) is 16.9. The summed E-state index contributed by atoms with van der Waals surface area (Å²) in [5.41, 5.74) is 12.4. The van der Waals surface area contributed by atoms with Crippen LogP contribution in [0.25, 0.3) is 11.1 Å². The van der Waals surface area contributed by atoms with Gasteiger partial charge in [0.2, 0.25) is 0 Å². The van der Waals surface area contributed by atoms with Crippen LogP contribution < -0.4 is 3.27 Å². The van der Waals surface area contributed by atoms with Gasteiger partial charge in [0.15, 0.2) is 0 Å². The maximum Gasteiger partial charge on any atom is -0.147 e. The molecule has 0 saturated carbocycles. The molecule has 42 heavy (non-hydrogen) atoms. The average Bonchev–Trinajstić information content (AvgIpc) is 3.44. The van der Waals surface area contributed by atoms with Crippen LogP contribution in [0.5, 0.6) is 0 Å². The van der Waals surface area contributed by atoms with Crippen LogP contribution in [0, 0.1) is 11.3 Å². The maximum atomic E-state index is 2.64. The minimum atomic E-state index is -2.60. The fraction of sp³-hybridized carbons (Fsp3) is 0.410. The van der Waals surface area contributed by atoms with Gasteiger partial charge in [0.05, 0.1) is 0 Å². The molecule has 0 heterocycles. The molecule has 0 amide bonds. The molecule has 1 unspecified atom stereocenters.